The number of benzene rings is 1. The molecule has 1 amide bonds. The Labute approximate surface area is 115 Å². The fourth-order valence-electron chi connectivity index (χ4n) is 1.37. The molecule has 0 aliphatic carbocycles. The summed E-state index contributed by atoms with van der Waals surface area (Å²) in [5.74, 6) is -7.41. The van der Waals surface area contributed by atoms with E-state index in [0.29, 0.717) is 17.5 Å². The van der Waals surface area contributed by atoms with Crippen LogP contribution in [0.5, 0.6) is 5.75 Å². The van der Waals surface area contributed by atoms with E-state index in [4.69, 9.17) is 5.11 Å². The molecular formula is C11H8F3N3O2S. The molecule has 1 heterocycles. The van der Waals surface area contributed by atoms with Crippen LogP contribution in [0, 0.1) is 17.5 Å². The van der Waals surface area contributed by atoms with E-state index in [2.05, 4.69) is 15.5 Å². The molecule has 20 heavy (non-hydrogen) atoms. The lowest BCUT2D eigenvalue weighted by Crippen LogP contribution is -2.14. The molecule has 0 bridgehead atoms. The molecule has 0 unspecified atom stereocenters. The van der Waals surface area contributed by atoms with E-state index >= 15 is 0 Å². The van der Waals surface area contributed by atoms with Gasteiger partial charge in [0.2, 0.25) is 10.9 Å². The Morgan fingerprint density at radius 1 is 1.35 bits per heavy atom. The average Bonchev–Trinajstić information content (AvgIpc) is 2.88. The number of aromatic nitrogens is 2. The molecule has 0 atom stereocenters. The zero-order valence-corrected chi connectivity index (χ0v) is 10.9. The Morgan fingerprint density at radius 3 is 2.65 bits per heavy atom. The van der Waals surface area contributed by atoms with Crippen molar-refractivity contribution in [3.05, 3.63) is 34.1 Å². The highest BCUT2D eigenvalue weighted by Gasteiger charge is 2.23. The lowest BCUT2D eigenvalue weighted by Gasteiger charge is -2.05. The number of amides is 1. The molecule has 0 radical (unpaired) electrons. The summed E-state index contributed by atoms with van der Waals surface area (Å²) in [7, 11) is 0. The first kappa shape index (κ1) is 14.3. The van der Waals surface area contributed by atoms with Crippen LogP contribution in [0.2, 0.25) is 0 Å². The van der Waals surface area contributed by atoms with Gasteiger partial charge in [0.05, 0.1) is 5.56 Å². The second-order valence-electron chi connectivity index (χ2n) is 3.69. The number of halogens is 3. The van der Waals surface area contributed by atoms with Crippen LogP contribution in [0.3, 0.4) is 0 Å². The number of phenols is 1. The minimum Gasteiger partial charge on any atom is -0.503 e. The maximum Gasteiger partial charge on any atom is 0.260 e. The molecule has 0 saturated carbocycles. The number of anilines is 1. The quantitative estimate of drug-likeness (QED) is 0.854. The lowest BCUT2D eigenvalue weighted by atomic mass is 10.1. The summed E-state index contributed by atoms with van der Waals surface area (Å²) in [6.45, 7) is 1.83. The number of carbonyl (C=O) groups excluding carboxylic acids is 1. The maximum atomic E-state index is 13.5. The van der Waals surface area contributed by atoms with Crippen molar-refractivity contribution in [2.24, 2.45) is 0 Å². The van der Waals surface area contributed by atoms with Crippen LogP contribution in [-0.4, -0.2) is 21.2 Å². The average molecular weight is 303 g/mol. The number of hydrogen-bond donors (Lipinski definition) is 2. The fourth-order valence-corrected chi connectivity index (χ4v) is 2.04. The molecule has 2 rings (SSSR count). The Hall–Kier alpha value is -2.16. The molecule has 1 aromatic heterocycles. The maximum absolute atomic E-state index is 13.5. The molecule has 0 aliphatic heterocycles. The summed E-state index contributed by atoms with van der Waals surface area (Å²) >= 11 is 1.07. The molecule has 0 fully saturated rings. The Bertz CT molecular complexity index is 675. The van der Waals surface area contributed by atoms with Crippen molar-refractivity contribution in [1.29, 1.82) is 0 Å². The van der Waals surface area contributed by atoms with Gasteiger partial charge in [0, 0.05) is 0 Å². The largest absolute Gasteiger partial charge is 0.503 e. The van der Waals surface area contributed by atoms with Crippen molar-refractivity contribution < 1.29 is 23.1 Å². The number of rotatable bonds is 3. The molecule has 5 nitrogen and oxygen atoms in total. The molecule has 0 saturated heterocycles. The standard InChI is InChI=1S/C11H8F3N3O2S/c1-2-6-16-17-11(20-6)15-10(19)4-3-5(12)8(14)9(18)7(4)13/h3,18H,2H2,1H3,(H,15,17,19). The van der Waals surface area contributed by atoms with E-state index < -0.39 is 34.7 Å². The van der Waals surface area contributed by atoms with Gasteiger partial charge in [0.15, 0.2) is 17.4 Å². The first-order chi connectivity index (χ1) is 9.43. The lowest BCUT2D eigenvalue weighted by molar-refractivity contribution is 0.102. The second kappa shape index (κ2) is 5.45. The van der Waals surface area contributed by atoms with E-state index in [0.717, 1.165) is 11.3 Å². The van der Waals surface area contributed by atoms with Crippen LogP contribution < -0.4 is 5.32 Å². The van der Waals surface area contributed by atoms with Crippen molar-refractivity contribution >= 4 is 22.4 Å². The summed E-state index contributed by atoms with van der Waals surface area (Å²) in [4.78, 5) is 11.7. The number of carbonyl (C=O) groups is 1. The Kier molecular flexibility index (Phi) is 3.89. The molecule has 2 N–H and O–H groups in total. The molecular weight excluding hydrogens is 295 g/mol. The van der Waals surface area contributed by atoms with Crippen LogP contribution in [0.1, 0.15) is 22.3 Å². The molecule has 106 valence electrons. The summed E-state index contributed by atoms with van der Waals surface area (Å²) in [5.41, 5.74) is -0.824. The van der Waals surface area contributed by atoms with Crippen molar-refractivity contribution in [2.75, 3.05) is 5.32 Å². The van der Waals surface area contributed by atoms with E-state index in [9.17, 15) is 18.0 Å². The topological polar surface area (TPSA) is 75.1 Å². The molecule has 0 spiro atoms. The summed E-state index contributed by atoms with van der Waals surface area (Å²) < 4.78 is 39.5. The number of nitrogens with zero attached hydrogens (tertiary/aromatic N) is 2. The van der Waals surface area contributed by atoms with E-state index in [1.165, 1.54) is 0 Å². The SMILES string of the molecule is CCc1nnc(NC(=O)c2cc(F)c(F)c(O)c2F)s1. The summed E-state index contributed by atoms with van der Waals surface area (Å²) in [6.07, 6.45) is 0.605. The third-order valence-corrected chi connectivity index (χ3v) is 3.35. The van der Waals surface area contributed by atoms with Crippen LogP contribution in [0.4, 0.5) is 18.3 Å². The van der Waals surface area contributed by atoms with Gasteiger partial charge in [0.1, 0.15) is 5.01 Å². The van der Waals surface area contributed by atoms with E-state index in [1.54, 1.807) is 0 Å². The highest BCUT2D eigenvalue weighted by molar-refractivity contribution is 7.15. The van der Waals surface area contributed by atoms with E-state index in [1.807, 2.05) is 6.92 Å². The van der Waals surface area contributed by atoms with Gasteiger partial charge in [-0.25, -0.2) is 8.78 Å². The third-order valence-electron chi connectivity index (χ3n) is 2.37. The number of aryl methyl sites for hydroxylation is 1. The monoisotopic (exact) mass is 303 g/mol. The minimum absolute atomic E-state index is 0.0930. The van der Waals surface area contributed by atoms with Gasteiger partial charge < -0.3 is 5.11 Å². The van der Waals surface area contributed by atoms with Crippen LogP contribution in [0.25, 0.3) is 0 Å². The van der Waals surface area contributed by atoms with Gasteiger partial charge >= 0.3 is 0 Å². The van der Waals surface area contributed by atoms with Crippen molar-refractivity contribution in [3.8, 4) is 5.75 Å². The van der Waals surface area contributed by atoms with Gasteiger partial charge in [0.25, 0.3) is 5.91 Å². The third kappa shape index (κ3) is 2.57. The summed E-state index contributed by atoms with van der Waals surface area (Å²) in [6, 6.07) is 0.363. The van der Waals surface area contributed by atoms with Gasteiger partial charge in [-0.2, -0.15) is 4.39 Å². The number of nitrogens with one attached hydrogen (secondary N) is 1. The van der Waals surface area contributed by atoms with E-state index in [-0.39, 0.29) is 5.13 Å². The Balaban J connectivity index is 2.30. The van der Waals surface area contributed by atoms with Gasteiger partial charge in [-0.3, -0.25) is 10.1 Å². The van der Waals surface area contributed by atoms with Gasteiger partial charge in [-0.15, -0.1) is 10.2 Å². The minimum atomic E-state index is -1.75. The second-order valence-corrected chi connectivity index (χ2v) is 4.75. The molecule has 9 heteroatoms. The van der Waals surface area contributed by atoms with Crippen molar-refractivity contribution in [3.63, 3.8) is 0 Å². The van der Waals surface area contributed by atoms with Gasteiger partial charge in [-0.05, 0) is 12.5 Å². The zero-order chi connectivity index (χ0) is 14.9. The number of phenolic OH excluding ortho intramolecular Hbond substituents is 1. The predicted octanol–water partition coefficient (Wildman–Crippen LogP) is 2.48. The predicted molar refractivity (Wildman–Crippen MR) is 65.2 cm³/mol. The molecule has 2 aromatic rings. The number of hydrogen-bond acceptors (Lipinski definition) is 5. The van der Waals surface area contributed by atoms with Crippen molar-refractivity contribution in [1.82, 2.24) is 10.2 Å². The number of aromatic hydroxyl groups is 1. The highest BCUT2D eigenvalue weighted by Crippen LogP contribution is 2.26. The first-order valence-electron chi connectivity index (χ1n) is 5.44. The smallest absolute Gasteiger partial charge is 0.260 e. The first-order valence-corrected chi connectivity index (χ1v) is 6.25. The summed E-state index contributed by atoms with van der Waals surface area (Å²) in [5, 5.41) is 19.3. The Morgan fingerprint density at radius 2 is 2.05 bits per heavy atom. The molecule has 1 aromatic carbocycles. The normalized spacial score (nSPS) is 10.6. The van der Waals surface area contributed by atoms with Crippen LogP contribution in [0.15, 0.2) is 6.07 Å². The van der Waals surface area contributed by atoms with Crippen LogP contribution in [-0.2, 0) is 6.42 Å². The van der Waals surface area contributed by atoms with Crippen molar-refractivity contribution in [2.45, 2.75) is 13.3 Å². The fraction of sp³-hybridized carbons (Fsp3) is 0.182. The molecule has 0 aliphatic rings. The van der Waals surface area contributed by atoms with Gasteiger partial charge in [-0.1, -0.05) is 18.3 Å². The highest BCUT2D eigenvalue weighted by atomic mass is 32.1. The van der Waals surface area contributed by atoms with Crippen LogP contribution >= 0.6 is 11.3 Å². The zero-order valence-electron chi connectivity index (χ0n) is 10.1.